The number of fused-ring (bicyclic) bond motifs is 1. The second-order valence-electron chi connectivity index (χ2n) is 11.8. The summed E-state index contributed by atoms with van der Waals surface area (Å²) in [4.78, 5) is 42.2. The lowest BCUT2D eigenvalue weighted by atomic mass is 9.84. The van der Waals surface area contributed by atoms with Gasteiger partial charge in [-0.1, -0.05) is 55.5 Å². The Morgan fingerprint density at radius 2 is 1.76 bits per heavy atom. The average molecular weight is 574 g/mol. The van der Waals surface area contributed by atoms with Crippen LogP contribution >= 0.6 is 0 Å². The van der Waals surface area contributed by atoms with Crippen LogP contribution in [0.3, 0.4) is 0 Å². The Balaban J connectivity index is 0.000000748. The summed E-state index contributed by atoms with van der Waals surface area (Å²) >= 11 is 0. The van der Waals surface area contributed by atoms with Crippen LogP contribution in [0.4, 0.5) is 0 Å². The Hall–Kier alpha value is -3.65. The third kappa shape index (κ3) is 8.22. The molecule has 1 aliphatic carbocycles. The fourth-order valence-corrected chi connectivity index (χ4v) is 6.36. The standard InChI is InChI=1S/C31H40N4O2.C3H7NO/c1-21(27-19-33-28-12-6-5-11-26(27)28)29(34-30(36)24-13-15-25(32)16-14-24)31(37)35-17-7-10-23(20-35)18-22-8-3-2-4-9-22;1-2-4-3-5/h2-6,8-9,11-12,19,21,23-25,29,33H,7,10,13-18,20,32H2,1H3,(H,34,36);3H,2H2,1H3,(H,4,5)/t21-,23-,24?,25?,29-;/m1./s1. The summed E-state index contributed by atoms with van der Waals surface area (Å²) < 4.78 is 0. The van der Waals surface area contributed by atoms with E-state index in [1.165, 1.54) is 5.56 Å². The summed E-state index contributed by atoms with van der Waals surface area (Å²) in [7, 11) is 0. The smallest absolute Gasteiger partial charge is 0.245 e. The molecule has 8 heteroatoms. The number of likely N-dealkylation sites (tertiary alicyclic amines) is 1. The first-order valence-corrected chi connectivity index (χ1v) is 15.5. The number of nitrogens with two attached hydrogens (primary N) is 1. The van der Waals surface area contributed by atoms with Crippen LogP contribution in [-0.4, -0.2) is 59.8 Å². The van der Waals surface area contributed by atoms with E-state index in [2.05, 4.69) is 52.9 Å². The Labute approximate surface area is 249 Å². The van der Waals surface area contributed by atoms with Gasteiger partial charge in [0.2, 0.25) is 18.2 Å². The lowest BCUT2D eigenvalue weighted by Gasteiger charge is -2.37. The molecule has 3 aromatic rings. The minimum absolute atomic E-state index is 0.00483. The minimum Gasteiger partial charge on any atom is -0.361 e. The highest BCUT2D eigenvalue weighted by atomic mass is 16.2. The van der Waals surface area contributed by atoms with Crippen molar-refractivity contribution in [1.29, 1.82) is 0 Å². The Bertz CT molecular complexity index is 1280. The Morgan fingerprint density at radius 1 is 1.05 bits per heavy atom. The number of amides is 3. The summed E-state index contributed by atoms with van der Waals surface area (Å²) in [5, 5.41) is 6.76. The second kappa shape index (κ2) is 15.5. The van der Waals surface area contributed by atoms with Gasteiger partial charge in [-0.25, -0.2) is 0 Å². The molecule has 1 saturated carbocycles. The topological polar surface area (TPSA) is 120 Å². The Kier molecular flexibility index (Phi) is 11.6. The van der Waals surface area contributed by atoms with Gasteiger partial charge >= 0.3 is 0 Å². The number of H-pyrrole nitrogens is 1. The summed E-state index contributed by atoms with van der Waals surface area (Å²) in [6.45, 7) is 6.15. The van der Waals surface area contributed by atoms with Gasteiger partial charge < -0.3 is 26.3 Å². The number of hydrogen-bond donors (Lipinski definition) is 4. The van der Waals surface area contributed by atoms with E-state index in [4.69, 9.17) is 5.73 Å². The maximum atomic E-state index is 14.1. The molecule has 0 bridgehead atoms. The number of aromatic amines is 1. The van der Waals surface area contributed by atoms with E-state index in [0.29, 0.717) is 12.3 Å². The van der Waals surface area contributed by atoms with Crippen LogP contribution < -0.4 is 16.4 Å². The molecule has 1 aliphatic heterocycles. The molecule has 3 amide bonds. The zero-order valence-electron chi connectivity index (χ0n) is 25.1. The average Bonchev–Trinajstić information content (AvgIpc) is 3.45. The van der Waals surface area contributed by atoms with E-state index in [-0.39, 0.29) is 29.7 Å². The fraction of sp³-hybridized carbons (Fsp3) is 0.500. The second-order valence-corrected chi connectivity index (χ2v) is 11.8. The number of para-hydroxylation sites is 1. The van der Waals surface area contributed by atoms with Crippen molar-refractivity contribution < 1.29 is 14.4 Å². The molecule has 2 aliphatic rings. The number of carbonyl (C=O) groups is 3. The molecule has 3 atom stereocenters. The lowest BCUT2D eigenvalue weighted by molar-refractivity contribution is -0.139. The molecule has 2 aromatic carbocycles. The quantitative estimate of drug-likeness (QED) is 0.282. The normalized spacial score (nSPS) is 21.9. The maximum absolute atomic E-state index is 14.1. The predicted octanol–water partition coefficient (Wildman–Crippen LogP) is 4.51. The molecule has 0 radical (unpaired) electrons. The zero-order valence-corrected chi connectivity index (χ0v) is 25.1. The van der Waals surface area contributed by atoms with Gasteiger partial charge in [-0.05, 0) is 75.0 Å². The zero-order chi connectivity index (χ0) is 29.9. The van der Waals surface area contributed by atoms with Crippen LogP contribution in [0, 0.1) is 11.8 Å². The van der Waals surface area contributed by atoms with Gasteiger partial charge in [-0.2, -0.15) is 0 Å². The molecular weight excluding hydrogens is 526 g/mol. The molecule has 226 valence electrons. The molecular formula is C34H47N5O3. The third-order valence-electron chi connectivity index (χ3n) is 8.80. The van der Waals surface area contributed by atoms with E-state index >= 15 is 0 Å². The largest absolute Gasteiger partial charge is 0.361 e. The highest BCUT2D eigenvalue weighted by Gasteiger charge is 2.36. The summed E-state index contributed by atoms with van der Waals surface area (Å²) in [5.74, 6) is 0.233. The highest BCUT2D eigenvalue weighted by molar-refractivity contribution is 5.91. The first-order valence-electron chi connectivity index (χ1n) is 15.5. The van der Waals surface area contributed by atoms with Crippen molar-refractivity contribution >= 4 is 29.1 Å². The van der Waals surface area contributed by atoms with Crippen molar-refractivity contribution in [2.45, 2.75) is 76.8 Å². The molecule has 2 heterocycles. The molecule has 0 unspecified atom stereocenters. The van der Waals surface area contributed by atoms with Gasteiger partial charge in [0.25, 0.3) is 0 Å². The van der Waals surface area contributed by atoms with Gasteiger partial charge in [0, 0.05) is 54.6 Å². The van der Waals surface area contributed by atoms with E-state index in [1.807, 2.05) is 42.3 Å². The Morgan fingerprint density at radius 3 is 2.45 bits per heavy atom. The first kappa shape index (κ1) is 31.3. The molecule has 8 nitrogen and oxygen atoms in total. The van der Waals surface area contributed by atoms with Crippen molar-refractivity contribution in [2.24, 2.45) is 17.6 Å². The van der Waals surface area contributed by atoms with Crippen molar-refractivity contribution in [3.63, 3.8) is 0 Å². The van der Waals surface area contributed by atoms with Crippen LogP contribution in [0.1, 0.15) is 69.4 Å². The van der Waals surface area contributed by atoms with E-state index in [9.17, 15) is 14.4 Å². The van der Waals surface area contributed by atoms with Crippen LogP contribution in [0.2, 0.25) is 0 Å². The number of rotatable bonds is 9. The van der Waals surface area contributed by atoms with Crippen LogP contribution in [0.15, 0.2) is 60.8 Å². The molecule has 2 fully saturated rings. The number of piperidine rings is 1. The molecule has 0 spiro atoms. The number of carbonyl (C=O) groups excluding carboxylic acids is 3. The van der Waals surface area contributed by atoms with Crippen LogP contribution in [0.5, 0.6) is 0 Å². The van der Waals surface area contributed by atoms with Crippen molar-refractivity contribution in [3.05, 3.63) is 71.9 Å². The van der Waals surface area contributed by atoms with Crippen LogP contribution in [0.25, 0.3) is 10.9 Å². The SMILES string of the molecule is CCNC=O.C[C@H](c1c[nH]c2ccccc12)[C@@H](NC(=O)C1CCC(N)CC1)C(=O)N1CCC[C@H](Cc2ccccc2)C1. The van der Waals surface area contributed by atoms with Gasteiger partial charge in [0.1, 0.15) is 6.04 Å². The number of nitrogens with one attached hydrogen (secondary N) is 3. The molecule has 42 heavy (non-hydrogen) atoms. The van der Waals surface area contributed by atoms with Crippen LogP contribution in [-0.2, 0) is 20.8 Å². The number of nitrogens with zero attached hydrogens (tertiary/aromatic N) is 1. The number of aromatic nitrogens is 1. The molecule has 1 saturated heterocycles. The molecule has 5 N–H and O–H groups in total. The van der Waals surface area contributed by atoms with E-state index < -0.39 is 6.04 Å². The predicted molar refractivity (Wildman–Crippen MR) is 168 cm³/mol. The number of benzene rings is 2. The van der Waals surface area contributed by atoms with E-state index in [0.717, 1.165) is 81.0 Å². The van der Waals surface area contributed by atoms with Gasteiger partial charge in [-0.15, -0.1) is 0 Å². The summed E-state index contributed by atoms with van der Waals surface area (Å²) in [5.41, 5.74) is 9.51. The fourth-order valence-electron chi connectivity index (χ4n) is 6.36. The third-order valence-corrected chi connectivity index (χ3v) is 8.80. The lowest BCUT2D eigenvalue weighted by Crippen LogP contribution is -2.54. The summed E-state index contributed by atoms with van der Waals surface area (Å²) in [6.07, 6.45) is 9.07. The van der Waals surface area contributed by atoms with Gasteiger partial charge in [0.05, 0.1) is 0 Å². The van der Waals surface area contributed by atoms with Crippen molar-refractivity contribution in [2.75, 3.05) is 19.6 Å². The molecule has 1 aromatic heterocycles. The highest BCUT2D eigenvalue weighted by Crippen LogP contribution is 2.31. The first-order chi connectivity index (χ1) is 20.4. The van der Waals surface area contributed by atoms with E-state index in [1.54, 1.807) is 0 Å². The minimum atomic E-state index is -0.599. The van der Waals surface area contributed by atoms with Gasteiger partial charge in [0.15, 0.2) is 0 Å². The van der Waals surface area contributed by atoms with Crippen molar-refractivity contribution in [1.82, 2.24) is 20.5 Å². The maximum Gasteiger partial charge on any atom is 0.245 e. The van der Waals surface area contributed by atoms with Crippen molar-refractivity contribution in [3.8, 4) is 0 Å². The molecule has 5 rings (SSSR count). The monoisotopic (exact) mass is 573 g/mol. The number of hydrogen-bond acceptors (Lipinski definition) is 4. The summed E-state index contributed by atoms with van der Waals surface area (Å²) in [6, 6.07) is 18.3. The van der Waals surface area contributed by atoms with Gasteiger partial charge in [-0.3, -0.25) is 14.4 Å².